The predicted octanol–water partition coefficient (Wildman–Crippen LogP) is 8.04. The summed E-state index contributed by atoms with van der Waals surface area (Å²) in [4.78, 5) is 24.5. The van der Waals surface area contributed by atoms with Crippen molar-refractivity contribution in [3.05, 3.63) is 11.6 Å². The Hall–Kier alpha value is -1.32. The molecule has 4 heteroatoms. The minimum absolute atomic E-state index is 0.00954. The minimum atomic E-state index is -0.455. The van der Waals surface area contributed by atoms with Crippen LogP contribution in [0.1, 0.15) is 117 Å². The highest BCUT2D eigenvalue weighted by atomic mass is 16.7. The average Bonchev–Trinajstić information content (AvgIpc) is 3.15. The van der Waals surface area contributed by atoms with Gasteiger partial charge >= 0.3 is 6.16 Å². The topological polar surface area (TPSA) is 52.6 Å². The maximum atomic E-state index is 12.6. The molecule has 0 bridgehead atoms. The molecule has 0 aliphatic heterocycles. The van der Waals surface area contributed by atoms with Gasteiger partial charge in [0, 0.05) is 11.8 Å². The summed E-state index contributed by atoms with van der Waals surface area (Å²) in [5, 5.41) is 0. The summed E-state index contributed by atoms with van der Waals surface area (Å²) < 4.78 is 11.6. The van der Waals surface area contributed by atoms with Gasteiger partial charge in [-0.15, -0.1) is 0 Å². The predicted molar refractivity (Wildman–Crippen MR) is 135 cm³/mol. The van der Waals surface area contributed by atoms with E-state index in [0.29, 0.717) is 30.1 Å². The molecule has 7 atom stereocenters. The maximum Gasteiger partial charge on any atom is 0.508 e. The van der Waals surface area contributed by atoms with Gasteiger partial charge in [0.1, 0.15) is 6.10 Å². The zero-order valence-electron chi connectivity index (χ0n) is 22.0. The molecule has 0 aromatic carbocycles. The fourth-order valence-electron chi connectivity index (χ4n) is 8.04. The van der Waals surface area contributed by atoms with Gasteiger partial charge in [0.25, 0.3) is 0 Å². The van der Waals surface area contributed by atoms with Gasteiger partial charge in [-0.3, -0.25) is 4.79 Å². The van der Waals surface area contributed by atoms with Gasteiger partial charge in [-0.2, -0.15) is 0 Å². The van der Waals surface area contributed by atoms with Crippen molar-refractivity contribution < 1.29 is 19.1 Å². The maximum absolute atomic E-state index is 12.6. The van der Waals surface area contributed by atoms with E-state index in [4.69, 9.17) is 9.47 Å². The van der Waals surface area contributed by atoms with E-state index < -0.39 is 6.16 Å². The first kappa shape index (κ1) is 25.8. The van der Waals surface area contributed by atoms with Crippen LogP contribution in [0.4, 0.5) is 4.79 Å². The number of hydrogen-bond acceptors (Lipinski definition) is 4. The molecule has 0 aromatic heterocycles. The van der Waals surface area contributed by atoms with Crippen molar-refractivity contribution >= 4 is 11.9 Å². The minimum Gasteiger partial charge on any atom is -0.434 e. The second-order valence-electron chi connectivity index (χ2n) is 12.3. The number of rotatable bonds is 10. The summed E-state index contributed by atoms with van der Waals surface area (Å²) in [6.45, 7) is 7.27. The van der Waals surface area contributed by atoms with Crippen molar-refractivity contribution in [2.45, 2.75) is 123 Å². The van der Waals surface area contributed by atoms with Gasteiger partial charge in [-0.1, -0.05) is 64.9 Å². The standard InChI is InChI=1S/C30H48O4/c1-4-5-6-7-8-9-10-21(2)20-33-29(32)34-28-16-15-27-26-13-11-22-19-23(31)12-14-24(22)25(26)17-18-30(27,28)3/h19,21,24-28H,4-18,20H2,1-3H3/t21?,24-,25+,26+,27-,28-,30-/m0/s1. The molecule has 0 heterocycles. The van der Waals surface area contributed by atoms with Crippen molar-refractivity contribution in [3.8, 4) is 0 Å². The summed E-state index contributed by atoms with van der Waals surface area (Å²) in [5.74, 6) is 3.43. The first-order chi connectivity index (χ1) is 16.4. The Kier molecular flexibility index (Phi) is 8.80. The molecule has 0 spiro atoms. The smallest absolute Gasteiger partial charge is 0.434 e. The van der Waals surface area contributed by atoms with Gasteiger partial charge in [-0.05, 0) is 87.0 Å². The summed E-state index contributed by atoms with van der Waals surface area (Å²) in [7, 11) is 0. The molecule has 4 aliphatic rings. The molecule has 0 amide bonds. The second-order valence-corrected chi connectivity index (χ2v) is 12.3. The Labute approximate surface area is 207 Å². The van der Waals surface area contributed by atoms with Crippen LogP contribution in [0.3, 0.4) is 0 Å². The SMILES string of the molecule is CCCCCCCCC(C)COC(=O)O[C@H]1CC[C@H]2[C@@H]3CCC4=CC(=O)CC[C@@H]4[C@H]3CC[C@]12C. The second kappa shape index (κ2) is 11.6. The Morgan fingerprint density at radius 3 is 2.65 bits per heavy atom. The van der Waals surface area contributed by atoms with E-state index in [9.17, 15) is 9.59 Å². The zero-order chi connectivity index (χ0) is 24.1. The molecule has 3 saturated carbocycles. The molecular weight excluding hydrogens is 424 g/mol. The van der Waals surface area contributed by atoms with E-state index in [-0.39, 0.29) is 11.5 Å². The highest BCUT2D eigenvalue weighted by molar-refractivity contribution is 5.91. The van der Waals surface area contributed by atoms with Crippen LogP contribution in [0.15, 0.2) is 11.6 Å². The van der Waals surface area contributed by atoms with Crippen LogP contribution in [0.2, 0.25) is 0 Å². The largest absolute Gasteiger partial charge is 0.508 e. The zero-order valence-corrected chi connectivity index (χ0v) is 22.0. The number of unbranched alkanes of at least 4 members (excludes halogenated alkanes) is 5. The monoisotopic (exact) mass is 472 g/mol. The molecule has 1 unspecified atom stereocenters. The number of allylic oxidation sites excluding steroid dienone is 1. The number of carbonyl (C=O) groups is 2. The first-order valence-corrected chi connectivity index (χ1v) is 14.5. The lowest BCUT2D eigenvalue weighted by atomic mass is 9.52. The third-order valence-corrected chi connectivity index (χ3v) is 9.99. The number of carbonyl (C=O) groups excluding carboxylic acids is 2. The molecule has 3 fully saturated rings. The first-order valence-electron chi connectivity index (χ1n) is 14.5. The van der Waals surface area contributed by atoms with Crippen LogP contribution in [0.25, 0.3) is 0 Å². The summed E-state index contributed by atoms with van der Waals surface area (Å²) >= 11 is 0. The van der Waals surface area contributed by atoms with Gasteiger partial charge in [-0.25, -0.2) is 4.79 Å². The fraction of sp³-hybridized carbons (Fsp3) is 0.867. The van der Waals surface area contributed by atoms with E-state index in [1.807, 2.05) is 6.08 Å². The van der Waals surface area contributed by atoms with Crippen LogP contribution in [-0.2, 0) is 14.3 Å². The Balaban J connectivity index is 1.23. The van der Waals surface area contributed by atoms with E-state index in [1.54, 1.807) is 0 Å². The van der Waals surface area contributed by atoms with Crippen molar-refractivity contribution in [1.29, 1.82) is 0 Å². The van der Waals surface area contributed by atoms with Crippen LogP contribution in [-0.4, -0.2) is 24.6 Å². The molecule has 192 valence electrons. The average molecular weight is 473 g/mol. The summed E-state index contributed by atoms with van der Waals surface area (Å²) in [6.07, 6.45) is 19.0. The summed E-state index contributed by atoms with van der Waals surface area (Å²) in [6, 6.07) is 0. The van der Waals surface area contributed by atoms with E-state index in [2.05, 4.69) is 20.8 Å². The van der Waals surface area contributed by atoms with Gasteiger partial charge in [0.15, 0.2) is 5.78 Å². The number of fused-ring (bicyclic) bond motifs is 5. The lowest BCUT2D eigenvalue weighted by Crippen LogP contribution is -2.48. The number of ketones is 1. The quantitative estimate of drug-likeness (QED) is 0.238. The molecule has 4 rings (SSSR count). The van der Waals surface area contributed by atoms with Crippen molar-refractivity contribution in [1.82, 2.24) is 0 Å². The summed E-state index contributed by atoms with van der Waals surface area (Å²) in [5.41, 5.74) is 1.52. The molecule has 0 radical (unpaired) electrons. The van der Waals surface area contributed by atoms with Crippen LogP contribution >= 0.6 is 0 Å². The van der Waals surface area contributed by atoms with Crippen molar-refractivity contribution in [3.63, 3.8) is 0 Å². The molecule has 0 N–H and O–H groups in total. The molecule has 4 nitrogen and oxygen atoms in total. The molecule has 0 aromatic rings. The lowest BCUT2D eigenvalue weighted by Gasteiger charge is -2.53. The van der Waals surface area contributed by atoms with Crippen LogP contribution in [0.5, 0.6) is 0 Å². The van der Waals surface area contributed by atoms with E-state index in [0.717, 1.165) is 56.8 Å². The molecule has 34 heavy (non-hydrogen) atoms. The molecule has 0 saturated heterocycles. The van der Waals surface area contributed by atoms with Gasteiger partial charge in [0.05, 0.1) is 6.61 Å². The highest BCUT2D eigenvalue weighted by Gasteiger charge is 2.57. The molecule has 4 aliphatic carbocycles. The van der Waals surface area contributed by atoms with Crippen LogP contribution in [0, 0.1) is 35.0 Å². The lowest BCUT2D eigenvalue weighted by molar-refractivity contribution is -0.116. The van der Waals surface area contributed by atoms with Crippen LogP contribution < -0.4 is 0 Å². The van der Waals surface area contributed by atoms with Crippen molar-refractivity contribution in [2.75, 3.05) is 6.61 Å². The van der Waals surface area contributed by atoms with E-state index in [1.165, 1.54) is 56.9 Å². The normalized spacial score (nSPS) is 35.6. The highest BCUT2D eigenvalue weighted by Crippen LogP contribution is 2.62. The number of ether oxygens (including phenoxy) is 2. The Morgan fingerprint density at radius 1 is 1.03 bits per heavy atom. The third kappa shape index (κ3) is 5.73. The Bertz CT molecular complexity index is 742. The van der Waals surface area contributed by atoms with Crippen molar-refractivity contribution in [2.24, 2.45) is 35.0 Å². The third-order valence-electron chi connectivity index (χ3n) is 9.99. The molecular formula is C30H48O4. The fourth-order valence-corrected chi connectivity index (χ4v) is 8.04. The Morgan fingerprint density at radius 2 is 1.82 bits per heavy atom. The number of hydrogen-bond donors (Lipinski definition) is 0. The van der Waals surface area contributed by atoms with E-state index >= 15 is 0 Å². The van der Waals surface area contributed by atoms with Gasteiger partial charge < -0.3 is 9.47 Å². The van der Waals surface area contributed by atoms with Gasteiger partial charge in [0.2, 0.25) is 0 Å².